The van der Waals surface area contributed by atoms with Gasteiger partial charge in [-0.25, -0.2) is 4.98 Å². The number of aromatic nitrogens is 1. The lowest BCUT2D eigenvalue weighted by Crippen LogP contribution is -2.21. The fourth-order valence-corrected chi connectivity index (χ4v) is 1.77. The quantitative estimate of drug-likeness (QED) is 0.896. The number of nitrogens with zero attached hydrogens (tertiary/aromatic N) is 1. The van der Waals surface area contributed by atoms with Crippen molar-refractivity contribution in [3.05, 3.63) is 47.7 Å². The molecule has 0 aliphatic carbocycles. The van der Waals surface area contributed by atoms with Gasteiger partial charge in [-0.2, -0.15) is 0 Å². The van der Waals surface area contributed by atoms with E-state index in [0.29, 0.717) is 5.75 Å². The number of carbonyl (C=O) groups is 1. The molecule has 1 heterocycles. The number of aromatic hydroxyl groups is 1. The second-order valence-electron chi connectivity index (χ2n) is 4.48. The second kappa shape index (κ2) is 6.06. The molecule has 1 aromatic heterocycles. The van der Waals surface area contributed by atoms with E-state index in [1.807, 2.05) is 32.0 Å². The molecule has 20 heavy (non-hydrogen) atoms. The average Bonchev–Trinajstić information content (AvgIpc) is 2.40. The number of ether oxygens (including phenoxy) is 1. The highest BCUT2D eigenvalue weighted by atomic mass is 16.5. The van der Waals surface area contributed by atoms with E-state index in [1.165, 1.54) is 12.3 Å². The van der Waals surface area contributed by atoms with Gasteiger partial charge in [-0.1, -0.05) is 17.7 Å². The molecule has 2 N–H and O–H groups in total. The summed E-state index contributed by atoms with van der Waals surface area (Å²) in [5.74, 6) is 0.337. The molecular formula is C15H16N2O3. The van der Waals surface area contributed by atoms with Crippen LogP contribution in [0.25, 0.3) is 0 Å². The lowest BCUT2D eigenvalue weighted by atomic mass is 10.1. The predicted molar refractivity (Wildman–Crippen MR) is 75.9 cm³/mol. The number of hydrogen-bond donors (Lipinski definition) is 2. The van der Waals surface area contributed by atoms with E-state index < -0.39 is 0 Å². The van der Waals surface area contributed by atoms with Gasteiger partial charge in [0.2, 0.25) is 0 Å². The van der Waals surface area contributed by atoms with Crippen molar-refractivity contribution in [1.82, 2.24) is 4.98 Å². The van der Waals surface area contributed by atoms with Crippen LogP contribution in [0.3, 0.4) is 0 Å². The molecule has 0 fully saturated rings. The molecule has 0 aliphatic heterocycles. The first-order valence-corrected chi connectivity index (χ1v) is 6.20. The van der Waals surface area contributed by atoms with Gasteiger partial charge in [-0.05, 0) is 37.6 Å². The molecule has 0 unspecified atom stereocenters. The Hall–Kier alpha value is -2.56. The third-order valence-electron chi connectivity index (χ3n) is 2.73. The zero-order valence-electron chi connectivity index (χ0n) is 11.4. The predicted octanol–water partition coefficient (Wildman–Crippen LogP) is 2.42. The van der Waals surface area contributed by atoms with E-state index in [1.54, 1.807) is 6.07 Å². The standard InChI is InChI=1S/C15H16N2O3/c1-10-5-6-13(11(2)8-10)20-9-14(19)17-15-12(18)4-3-7-16-15/h3-8,18H,9H2,1-2H3,(H,16,17,19). The SMILES string of the molecule is Cc1ccc(OCC(=O)Nc2ncccc2O)c(C)c1. The highest BCUT2D eigenvalue weighted by Crippen LogP contribution is 2.20. The molecule has 1 amide bonds. The third kappa shape index (κ3) is 3.47. The van der Waals surface area contributed by atoms with Crippen LogP contribution >= 0.6 is 0 Å². The third-order valence-corrected chi connectivity index (χ3v) is 2.73. The Balaban J connectivity index is 1.94. The van der Waals surface area contributed by atoms with Crippen LogP contribution < -0.4 is 10.1 Å². The molecule has 0 saturated heterocycles. The van der Waals surface area contributed by atoms with Gasteiger partial charge in [-0.15, -0.1) is 0 Å². The number of carbonyl (C=O) groups excluding carboxylic acids is 1. The molecule has 2 aromatic rings. The Kier molecular flexibility index (Phi) is 4.20. The first-order chi connectivity index (χ1) is 9.56. The lowest BCUT2D eigenvalue weighted by Gasteiger charge is -2.10. The van der Waals surface area contributed by atoms with E-state index in [9.17, 15) is 9.90 Å². The fraction of sp³-hybridized carbons (Fsp3) is 0.200. The number of nitrogens with one attached hydrogen (secondary N) is 1. The van der Waals surface area contributed by atoms with Crippen LogP contribution in [-0.4, -0.2) is 22.6 Å². The first kappa shape index (κ1) is 13.9. The van der Waals surface area contributed by atoms with Crippen molar-refractivity contribution in [3.8, 4) is 11.5 Å². The number of aryl methyl sites for hydroxylation is 2. The average molecular weight is 272 g/mol. The summed E-state index contributed by atoms with van der Waals surface area (Å²) in [6.07, 6.45) is 1.49. The summed E-state index contributed by atoms with van der Waals surface area (Å²) in [5, 5.41) is 12.0. The first-order valence-electron chi connectivity index (χ1n) is 6.20. The number of rotatable bonds is 4. The summed E-state index contributed by atoms with van der Waals surface area (Å²) in [5.41, 5.74) is 2.11. The van der Waals surface area contributed by atoms with Crippen molar-refractivity contribution in [2.24, 2.45) is 0 Å². The Morgan fingerprint density at radius 1 is 1.35 bits per heavy atom. The van der Waals surface area contributed by atoms with E-state index >= 15 is 0 Å². The molecule has 2 rings (SSSR count). The van der Waals surface area contributed by atoms with Crippen LogP contribution in [0.5, 0.6) is 11.5 Å². The molecule has 0 aliphatic rings. The van der Waals surface area contributed by atoms with Gasteiger partial charge in [0.15, 0.2) is 18.2 Å². The molecular weight excluding hydrogens is 256 g/mol. The number of anilines is 1. The van der Waals surface area contributed by atoms with E-state index in [2.05, 4.69) is 10.3 Å². The van der Waals surface area contributed by atoms with Crippen molar-refractivity contribution in [1.29, 1.82) is 0 Å². The topological polar surface area (TPSA) is 71.5 Å². The van der Waals surface area contributed by atoms with Gasteiger partial charge in [0.1, 0.15) is 5.75 Å². The van der Waals surface area contributed by atoms with Crippen molar-refractivity contribution in [2.45, 2.75) is 13.8 Å². The Bertz CT molecular complexity index is 626. The molecule has 0 radical (unpaired) electrons. The smallest absolute Gasteiger partial charge is 0.263 e. The van der Waals surface area contributed by atoms with Crippen LogP contribution in [0.15, 0.2) is 36.5 Å². The molecule has 104 valence electrons. The Morgan fingerprint density at radius 2 is 2.15 bits per heavy atom. The monoisotopic (exact) mass is 272 g/mol. The van der Waals surface area contributed by atoms with Crippen LogP contribution in [0.4, 0.5) is 5.82 Å². The summed E-state index contributed by atoms with van der Waals surface area (Å²) in [4.78, 5) is 15.6. The summed E-state index contributed by atoms with van der Waals surface area (Å²) in [7, 11) is 0. The number of amides is 1. The van der Waals surface area contributed by atoms with E-state index in [0.717, 1.165) is 11.1 Å². The van der Waals surface area contributed by atoms with Crippen LogP contribution in [-0.2, 0) is 4.79 Å². The summed E-state index contributed by atoms with van der Waals surface area (Å²) >= 11 is 0. The highest BCUT2D eigenvalue weighted by Gasteiger charge is 2.08. The van der Waals surface area contributed by atoms with Gasteiger partial charge in [0.05, 0.1) is 0 Å². The fourth-order valence-electron chi connectivity index (χ4n) is 1.77. The molecule has 5 nitrogen and oxygen atoms in total. The maximum atomic E-state index is 11.7. The minimum atomic E-state index is -0.376. The van der Waals surface area contributed by atoms with Crippen molar-refractivity contribution in [3.63, 3.8) is 0 Å². The van der Waals surface area contributed by atoms with Crippen LogP contribution in [0.1, 0.15) is 11.1 Å². The van der Waals surface area contributed by atoms with E-state index in [-0.39, 0.29) is 24.1 Å². The molecule has 5 heteroatoms. The number of hydrogen-bond acceptors (Lipinski definition) is 4. The zero-order valence-corrected chi connectivity index (χ0v) is 11.4. The highest BCUT2D eigenvalue weighted by molar-refractivity contribution is 5.92. The largest absolute Gasteiger partial charge is 0.504 e. The van der Waals surface area contributed by atoms with Gasteiger partial charge in [0, 0.05) is 6.20 Å². The Morgan fingerprint density at radius 3 is 2.85 bits per heavy atom. The summed E-state index contributed by atoms with van der Waals surface area (Å²) in [6, 6.07) is 8.77. The van der Waals surface area contributed by atoms with Crippen LogP contribution in [0, 0.1) is 13.8 Å². The zero-order chi connectivity index (χ0) is 14.5. The van der Waals surface area contributed by atoms with E-state index in [4.69, 9.17) is 4.74 Å². The maximum Gasteiger partial charge on any atom is 0.263 e. The number of pyridine rings is 1. The minimum absolute atomic E-state index is 0.0765. The molecule has 0 saturated carbocycles. The summed E-state index contributed by atoms with van der Waals surface area (Å²) in [6.45, 7) is 3.78. The van der Waals surface area contributed by atoms with Gasteiger partial charge < -0.3 is 15.2 Å². The van der Waals surface area contributed by atoms with Crippen molar-refractivity contribution < 1.29 is 14.6 Å². The molecule has 0 bridgehead atoms. The van der Waals surface area contributed by atoms with Crippen molar-refractivity contribution in [2.75, 3.05) is 11.9 Å². The van der Waals surface area contributed by atoms with Gasteiger partial charge in [-0.3, -0.25) is 4.79 Å². The number of benzene rings is 1. The lowest BCUT2D eigenvalue weighted by molar-refractivity contribution is -0.118. The van der Waals surface area contributed by atoms with Gasteiger partial charge >= 0.3 is 0 Å². The Labute approximate surface area is 117 Å². The summed E-state index contributed by atoms with van der Waals surface area (Å²) < 4.78 is 5.44. The molecule has 0 atom stereocenters. The molecule has 0 spiro atoms. The maximum absolute atomic E-state index is 11.7. The second-order valence-corrected chi connectivity index (χ2v) is 4.48. The molecule has 1 aromatic carbocycles. The van der Waals surface area contributed by atoms with Gasteiger partial charge in [0.25, 0.3) is 5.91 Å². The van der Waals surface area contributed by atoms with Crippen LogP contribution in [0.2, 0.25) is 0 Å². The normalized spacial score (nSPS) is 10.1. The minimum Gasteiger partial charge on any atom is -0.504 e. The van der Waals surface area contributed by atoms with Crippen molar-refractivity contribution >= 4 is 11.7 Å².